The van der Waals surface area contributed by atoms with E-state index < -0.39 is 0 Å². The zero-order chi connectivity index (χ0) is 11.1. The Morgan fingerprint density at radius 1 is 1.00 bits per heavy atom. The van der Waals surface area contributed by atoms with Crippen LogP contribution < -0.4 is 0 Å². The van der Waals surface area contributed by atoms with E-state index in [9.17, 15) is 9.90 Å². The van der Waals surface area contributed by atoms with Crippen molar-refractivity contribution in [2.24, 2.45) is 5.92 Å². The fourth-order valence-electron chi connectivity index (χ4n) is 3.89. The van der Waals surface area contributed by atoms with Crippen LogP contribution in [0.2, 0.25) is 0 Å². The first-order chi connectivity index (χ1) is 7.75. The van der Waals surface area contributed by atoms with Crippen LogP contribution in [0.25, 0.3) is 0 Å². The van der Waals surface area contributed by atoms with Crippen LogP contribution in [0.15, 0.2) is 0 Å². The zero-order valence-corrected chi connectivity index (χ0v) is 9.77. The lowest BCUT2D eigenvalue weighted by molar-refractivity contribution is -0.141. The number of carbonyl (C=O) groups excluding carboxylic acids is 1. The summed E-state index contributed by atoms with van der Waals surface area (Å²) in [5.41, 5.74) is 0. The van der Waals surface area contributed by atoms with Crippen LogP contribution in [0.1, 0.15) is 51.4 Å². The summed E-state index contributed by atoms with van der Waals surface area (Å²) in [5, 5.41) is 9.72. The van der Waals surface area contributed by atoms with Crippen LogP contribution in [-0.4, -0.2) is 34.1 Å². The van der Waals surface area contributed by atoms with Crippen LogP contribution in [0.4, 0.5) is 0 Å². The molecule has 0 radical (unpaired) electrons. The average molecular weight is 223 g/mol. The summed E-state index contributed by atoms with van der Waals surface area (Å²) in [5.74, 6) is 0.704. The van der Waals surface area contributed by atoms with E-state index in [0.29, 0.717) is 23.9 Å². The smallest absolute Gasteiger partial charge is 0.226 e. The van der Waals surface area contributed by atoms with Crippen molar-refractivity contribution in [3.63, 3.8) is 0 Å². The van der Waals surface area contributed by atoms with E-state index in [-0.39, 0.29) is 6.10 Å². The minimum atomic E-state index is -0.162. The molecule has 1 aliphatic carbocycles. The molecular formula is C13H21NO2. The van der Waals surface area contributed by atoms with E-state index in [1.165, 1.54) is 12.8 Å². The molecule has 0 spiro atoms. The van der Waals surface area contributed by atoms with Crippen LogP contribution in [-0.2, 0) is 4.79 Å². The molecule has 3 aliphatic rings. The molecule has 1 saturated carbocycles. The van der Waals surface area contributed by atoms with Gasteiger partial charge >= 0.3 is 0 Å². The Morgan fingerprint density at radius 2 is 1.56 bits per heavy atom. The van der Waals surface area contributed by atoms with E-state index in [1.807, 2.05) is 0 Å². The summed E-state index contributed by atoms with van der Waals surface area (Å²) in [6.45, 7) is 0. The summed E-state index contributed by atoms with van der Waals surface area (Å²) in [6.07, 6.45) is 8.33. The molecule has 3 heteroatoms. The molecule has 16 heavy (non-hydrogen) atoms. The normalized spacial score (nSPS) is 39.3. The number of aliphatic hydroxyl groups is 1. The standard InChI is InChI=1S/C13H21NO2/c15-12-7-10-5-6-11(8-12)14(10)13(16)9-3-1-2-4-9/h9-12,15H,1-8H2. The lowest BCUT2D eigenvalue weighted by Crippen LogP contribution is -2.49. The van der Waals surface area contributed by atoms with Crippen LogP contribution in [0.3, 0.4) is 0 Å². The molecule has 1 amide bonds. The Hall–Kier alpha value is -0.570. The molecule has 90 valence electrons. The van der Waals surface area contributed by atoms with Gasteiger partial charge in [0.15, 0.2) is 0 Å². The Labute approximate surface area is 96.8 Å². The molecule has 2 bridgehead atoms. The van der Waals surface area contributed by atoms with E-state index in [2.05, 4.69) is 4.90 Å². The largest absolute Gasteiger partial charge is 0.393 e. The topological polar surface area (TPSA) is 40.5 Å². The number of fused-ring (bicyclic) bond motifs is 2. The van der Waals surface area contributed by atoms with Gasteiger partial charge in [0.05, 0.1) is 6.10 Å². The molecule has 0 aromatic heterocycles. The number of carbonyl (C=O) groups is 1. The number of aliphatic hydroxyl groups excluding tert-OH is 1. The van der Waals surface area contributed by atoms with Gasteiger partial charge in [0.2, 0.25) is 5.91 Å². The highest BCUT2D eigenvalue weighted by Gasteiger charge is 2.44. The molecule has 2 aliphatic heterocycles. The van der Waals surface area contributed by atoms with E-state index in [0.717, 1.165) is 38.5 Å². The van der Waals surface area contributed by atoms with E-state index in [4.69, 9.17) is 0 Å². The molecule has 3 rings (SSSR count). The molecule has 0 aromatic rings. The maximum atomic E-state index is 12.4. The van der Waals surface area contributed by atoms with Gasteiger partial charge in [0.25, 0.3) is 0 Å². The molecule has 1 N–H and O–H groups in total. The zero-order valence-electron chi connectivity index (χ0n) is 9.77. The summed E-state index contributed by atoms with van der Waals surface area (Å²) < 4.78 is 0. The lowest BCUT2D eigenvalue weighted by Gasteiger charge is -2.38. The van der Waals surface area contributed by atoms with Crippen molar-refractivity contribution in [3.05, 3.63) is 0 Å². The lowest BCUT2D eigenvalue weighted by atomic mass is 9.96. The first kappa shape index (κ1) is 10.6. The number of amides is 1. The highest BCUT2D eigenvalue weighted by atomic mass is 16.3. The Kier molecular flexibility index (Phi) is 2.66. The Balaban J connectivity index is 1.72. The fraction of sp³-hybridized carbons (Fsp3) is 0.923. The Morgan fingerprint density at radius 3 is 2.12 bits per heavy atom. The van der Waals surface area contributed by atoms with Gasteiger partial charge in [-0.15, -0.1) is 0 Å². The third kappa shape index (κ3) is 1.65. The summed E-state index contributed by atoms with van der Waals surface area (Å²) in [4.78, 5) is 14.6. The highest BCUT2D eigenvalue weighted by Crippen LogP contribution is 2.38. The number of nitrogens with zero attached hydrogens (tertiary/aromatic N) is 1. The second-order valence-electron chi connectivity index (χ2n) is 5.74. The molecule has 2 heterocycles. The van der Waals surface area contributed by atoms with Crippen LogP contribution in [0.5, 0.6) is 0 Å². The van der Waals surface area contributed by atoms with Crippen molar-refractivity contribution in [2.45, 2.75) is 69.6 Å². The molecule has 0 aromatic carbocycles. The third-order valence-corrected chi connectivity index (χ3v) is 4.67. The van der Waals surface area contributed by atoms with Crippen molar-refractivity contribution in [1.82, 2.24) is 4.90 Å². The number of rotatable bonds is 1. The predicted octanol–water partition coefficient (Wildman–Crippen LogP) is 1.69. The second-order valence-corrected chi connectivity index (χ2v) is 5.74. The van der Waals surface area contributed by atoms with Crippen molar-refractivity contribution in [2.75, 3.05) is 0 Å². The van der Waals surface area contributed by atoms with Crippen molar-refractivity contribution in [1.29, 1.82) is 0 Å². The summed E-state index contributed by atoms with van der Waals surface area (Å²) in [6, 6.07) is 0.698. The molecule has 2 unspecified atom stereocenters. The highest BCUT2D eigenvalue weighted by molar-refractivity contribution is 5.80. The fourth-order valence-corrected chi connectivity index (χ4v) is 3.89. The summed E-state index contributed by atoms with van der Waals surface area (Å²) >= 11 is 0. The van der Waals surface area contributed by atoms with Gasteiger partial charge in [-0.2, -0.15) is 0 Å². The van der Waals surface area contributed by atoms with Gasteiger partial charge in [0.1, 0.15) is 0 Å². The first-order valence-electron chi connectivity index (χ1n) is 6.76. The van der Waals surface area contributed by atoms with Gasteiger partial charge in [-0.25, -0.2) is 0 Å². The number of piperidine rings is 1. The molecule has 2 atom stereocenters. The SMILES string of the molecule is O=C(C1CCCC1)N1C2CCC1CC(O)C2. The maximum Gasteiger partial charge on any atom is 0.226 e. The van der Waals surface area contributed by atoms with E-state index >= 15 is 0 Å². The van der Waals surface area contributed by atoms with Gasteiger partial charge in [0, 0.05) is 18.0 Å². The van der Waals surface area contributed by atoms with Gasteiger partial charge in [-0.1, -0.05) is 12.8 Å². The van der Waals surface area contributed by atoms with Crippen molar-refractivity contribution in [3.8, 4) is 0 Å². The number of hydrogen-bond donors (Lipinski definition) is 1. The minimum absolute atomic E-state index is 0.162. The number of hydrogen-bond acceptors (Lipinski definition) is 2. The summed E-state index contributed by atoms with van der Waals surface area (Å²) in [7, 11) is 0. The molecule has 2 saturated heterocycles. The monoisotopic (exact) mass is 223 g/mol. The third-order valence-electron chi connectivity index (χ3n) is 4.67. The molecule has 3 nitrogen and oxygen atoms in total. The van der Waals surface area contributed by atoms with Crippen molar-refractivity contribution < 1.29 is 9.90 Å². The van der Waals surface area contributed by atoms with Gasteiger partial charge < -0.3 is 10.0 Å². The first-order valence-corrected chi connectivity index (χ1v) is 6.76. The van der Waals surface area contributed by atoms with Crippen molar-refractivity contribution >= 4 is 5.91 Å². The van der Waals surface area contributed by atoms with Gasteiger partial charge in [-0.3, -0.25) is 4.79 Å². The molecular weight excluding hydrogens is 202 g/mol. The second kappa shape index (κ2) is 4.02. The predicted molar refractivity (Wildman–Crippen MR) is 60.9 cm³/mol. The quantitative estimate of drug-likeness (QED) is 0.735. The minimum Gasteiger partial charge on any atom is -0.393 e. The van der Waals surface area contributed by atoms with Gasteiger partial charge in [-0.05, 0) is 38.5 Å². The van der Waals surface area contributed by atoms with Crippen LogP contribution >= 0.6 is 0 Å². The average Bonchev–Trinajstić information content (AvgIpc) is 2.85. The van der Waals surface area contributed by atoms with Crippen LogP contribution in [0, 0.1) is 5.92 Å². The Bertz CT molecular complexity index is 272. The maximum absolute atomic E-state index is 12.4. The van der Waals surface area contributed by atoms with E-state index in [1.54, 1.807) is 0 Å². The molecule has 3 fully saturated rings.